The van der Waals surface area contributed by atoms with E-state index in [1.54, 1.807) is 4.90 Å². The lowest BCUT2D eigenvalue weighted by molar-refractivity contribution is -0.136. The monoisotopic (exact) mass is 340 g/mol. The van der Waals surface area contributed by atoms with Crippen molar-refractivity contribution in [2.75, 3.05) is 13.1 Å². The van der Waals surface area contributed by atoms with Crippen LogP contribution in [0.15, 0.2) is 16.6 Å². The third-order valence-electron chi connectivity index (χ3n) is 3.33. The number of urea groups is 1. The maximum Gasteiger partial charge on any atom is 0.317 e. The van der Waals surface area contributed by atoms with Crippen LogP contribution < -0.4 is 5.32 Å². The molecule has 2 amide bonds. The average molecular weight is 341 g/mol. The van der Waals surface area contributed by atoms with E-state index in [-0.39, 0.29) is 19.0 Å². The smallest absolute Gasteiger partial charge is 0.317 e. The van der Waals surface area contributed by atoms with Crippen LogP contribution >= 0.6 is 15.9 Å². The molecule has 1 aromatic carbocycles. The Morgan fingerprint density at radius 2 is 2.20 bits per heavy atom. The molecule has 1 heterocycles. The van der Waals surface area contributed by atoms with Gasteiger partial charge in [-0.15, -0.1) is 0 Å². The summed E-state index contributed by atoms with van der Waals surface area (Å²) in [7, 11) is 0. The van der Waals surface area contributed by atoms with Gasteiger partial charge in [-0.05, 0) is 36.1 Å². The summed E-state index contributed by atoms with van der Waals surface area (Å²) in [6, 6.07) is 3.98. The Bertz CT molecular complexity index is 545. The first-order chi connectivity index (χ1) is 9.47. The summed E-state index contributed by atoms with van der Waals surface area (Å²) in [6.45, 7) is 3.40. The van der Waals surface area contributed by atoms with Gasteiger partial charge in [0.1, 0.15) is 0 Å². The van der Waals surface area contributed by atoms with Crippen molar-refractivity contribution in [3.63, 3.8) is 0 Å². The molecule has 0 radical (unpaired) electrons. The molecule has 1 aromatic rings. The Kier molecular flexibility index (Phi) is 4.65. The predicted octanol–water partition coefficient (Wildman–Crippen LogP) is 2.30. The van der Waals surface area contributed by atoms with E-state index in [2.05, 4.69) is 33.4 Å². The number of carboxylic acid groups (broad SMARTS) is 1. The third-order valence-corrected chi connectivity index (χ3v) is 4.03. The number of rotatable bonds is 3. The second-order valence-corrected chi connectivity index (χ2v) is 5.79. The van der Waals surface area contributed by atoms with E-state index in [1.165, 1.54) is 5.56 Å². The molecule has 0 saturated carbocycles. The van der Waals surface area contributed by atoms with Crippen LogP contribution in [0, 0.1) is 6.92 Å². The Balaban J connectivity index is 2.00. The van der Waals surface area contributed by atoms with Gasteiger partial charge in [-0.1, -0.05) is 22.0 Å². The minimum absolute atomic E-state index is 0.0547. The molecule has 0 fully saturated rings. The lowest BCUT2D eigenvalue weighted by atomic mass is 9.98. The lowest BCUT2D eigenvalue weighted by Crippen LogP contribution is -2.43. The number of amides is 2. The Morgan fingerprint density at radius 3 is 2.90 bits per heavy atom. The van der Waals surface area contributed by atoms with Gasteiger partial charge in [0.2, 0.25) is 0 Å². The highest BCUT2D eigenvalue weighted by Crippen LogP contribution is 2.28. The van der Waals surface area contributed by atoms with E-state index in [0.717, 1.165) is 22.0 Å². The van der Waals surface area contributed by atoms with Crippen LogP contribution in [0.1, 0.15) is 23.1 Å². The first-order valence-corrected chi connectivity index (χ1v) is 7.29. The van der Waals surface area contributed by atoms with E-state index in [1.807, 2.05) is 6.92 Å². The number of fused-ring (bicyclic) bond motifs is 1. The molecule has 108 valence electrons. The summed E-state index contributed by atoms with van der Waals surface area (Å²) in [5, 5.41) is 11.2. The molecule has 2 rings (SSSR count). The summed E-state index contributed by atoms with van der Waals surface area (Å²) >= 11 is 3.56. The van der Waals surface area contributed by atoms with Crippen molar-refractivity contribution >= 4 is 27.9 Å². The maximum absolute atomic E-state index is 12.0. The highest BCUT2D eigenvalue weighted by Gasteiger charge is 2.22. The molecule has 1 aliphatic rings. The molecule has 0 unspecified atom stereocenters. The van der Waals surface area contributed by atoms with E-state index >= 15 is 0 Å². The van der Waals surface area contributed by atoms with Crippen LogP contribution in [0.25, 0.3) is 0 Å². The summed E-state index contributed by atoms with van der Waals surface area (Å²) in [4.78, 5) is 24.1. The van der Waals surface area contributed by atoms with Gasteiger partial charge in [0.15, 0.2) is 0 Å². The number of benzene rings is 1. The maximum atomic E-state index is 12.0. The van der Waals surface area contributed by atoms with E-state index in [9.17, 15) is 9.59 Å². The molecule has 0 aromatic heterocycles. The molecule has 0 aliphatic carbocycles. The van der Waals surface area contributed by atoms with Crippen LogP contribution in [0.2, 0.25) is 0 Å². The van der Waals surface area contributed by atoms with Crippen molar-refractivity contribution in [2.24, 2.45) is 0 Å². The lowest BCUT2D eigenvalue weighted by Gasteiger charge is -2.30. The number of carbonyl (C=O) groups is 2. The molecule has 0 saturated heterocycles. The topological polar surface area (TPSA) is 69.6 Å². The number of hydrogen-bond acceptors (Lipinski definition) is 2. The standard InChI is InChI=1S/C14H17BrN2O3/c1-9-6-10-8-17(5-3-11(10)12(15)7-9)14(20)16-4-2-13(18)19/h6-7H,2-5,8H2,1H3,(H,16,20)(H,18,19). The minimum atomic E-state index is -0.908. The normalized spacial score (nSPS) is 13.8. The fourth-order valence-electron chi connectivity index (χ4n) is 2.36. The van der Waals surface area contributed by atoms with Gasteiger partial charge in [-0.2, -0.15) is 0 Å². The molecule has 5 nitrogen and oxygen atoms in total. The second kappa shape index (κ2) is 6.26. The quantitative estimate of drug-likeness (QED) is 0.886. The van der Waals surface area contributed by atoms with E-state index in [0.29, 0.717) is 13.1 Å². The highest BCUT2D eigenvalue weighted by molar-refractivity contribution is 9.10. The SMILES string of the molecule is Cc1cc(Br)c2c(c1)CN(C(=O)NCCC(=O)O)CC2. The fourth-order valence-corrected chi connectivity index (χ4v) is 3.17. The first-order valence-electron chi connectivity index (χ1n) is 6.50. The summed E-state index contributed by atoms with van der Waals surface area (Å²) in [6.07, 6.45) is 0.753. The van der Waals surface area contributed by atoms with Gasteiger partial charge in [0.25, 0.3) is 0 Å². The molecule has 1 aliphatic heterocycles. The van der Waals surface area contributed by atoms with E-state index in [4.69, 9.17) is 5.11 Å². The zero-order valence-corrected chi connectivity index (χ0v) is 12.9. The van der Waals surface area contributed by atoms with Gasteiger partial charge >= 0.3 is 12.0 Å². The molecular formula is C14H17BrN2O3. The number of aryl methyl sites for hydroxylation is 1. The van der Waals surface area contributed by atoms with Gasteiger partial charge in [-0.3, -0.25) is 4.79 Å². The van der Waals surface area contributed by atoms with Gasteiger partial charge in [0, 0.05) is 24.1 Å². The summed E-state index contributed by atoms with van der Waals surface area (Å²) < 4.78 is 1.10. The Morgan fingerprint density at radius 1 is 1.45 bits per heavy atom. The van der Waals surface area contributed by atoms with Gasteiger partial charge in [-0.25, -0.2) is 4.79 Å². The van der Waals surface area contributed by atoms with Crippen molar-refractivity contribution in [3.05, 3.63) is 33.3 Å². The number of carboxylic acids is 1. The van der Waals surface area contributed by atoms with Crippen LogP contribution in [0.5, 0.6) is 0 Å². The van der Waals surface area contributed by atoms with Crippen LogP contribution in [0.3, 0.4) is 0 Å². The van der Waals surface area contributed by atoms with Gasteiger partial charge in [0.05, 0.1) is 6.42 Å². The summed E-state index contributed by atoms with van der Waals surface area (Å²) in [5.41, 5.74) is 3.56. The first kappa shape index (κ1) is 14.8. The number of carbonyl (C=O) groups excluding carboxylic acids is 1. The van der Waals surface area contributed by atoms with Crippen molar-refractivity contribution in [2.45, 2.75) is 26.3 Å². The van der Waals surface area contributed by atoms with Crippen molar-refractivity contribution in [1.82, 2.24) is 10.2 Å². The molecule has 0 spiro atoms. The van der Waals surface area contributed by atoms with Crippen LogP contribution in [-0.4, -0.2) is 35.1 Å². The molecule has 2 N–H and O–H groups in total. The number of hydrogen-bond donors (Lipinski definition) is 2. The molecule has 6 heteroatoms. The highest BCUT2D eigenvalue weighted by atomic mass is 79.9. The van der Waals surface area contributed by atoms with Crippen molar-refractivity contribution in [1.29, 1.82) is 0 Å². The van der Waals surface area contributed by atoms with Crippen LogP contribution in [0.4, 0.5) is 4.79 Å². The number of halogens is 1. The fraction of sp³-hybridized carbons (Fsp3) is 0.429. The number of nitrogens with one attached hydrogen (secondary N) is 1. The van der Waals surface area contributed by atoms with Gasteiger partial charge < -0.3 is 15.3 Å². The Hall–Kier alpha value is -1.56. The largest absolute Gasteiger partial charge is 0.481 e. The number of aliphatic carboxylic acids is 1. The minimum Gasteiger partial charge on any atom is -0.481 e. The zero-order valence-electron chi connectivity index (χ0n) is 11.3. The second-order valence-electron chi connectivity index (χ2n) is 4.93. The van der Waals surface area contributed by atoms with E-state index < -0.39 is 5.97 Å². The molecular weight excluding hydrogens is 324 g/mol. The summed E-state index contributed by atoms with van der Waals surface area (Å²) in [5.74, 6) is -0.908. The zero-order chi connectivity index (χ0) is 14.7. The van der Waals surface area contributed by atoms with Crippen molar-refractivity contribution in [3.8, 4) is 0 Å². The average Bonchev–Trinajstić information content (AvgIpc) is 2.37. The Labute approximate surface area is 126 Å². The van der Waals surface area contributed by atoms with Crippen LogP contribution in [-0.2, 0) is 17.8 Å². The van der Waals surface area contributed by atoms with Crippen molar-refractivity contribution < 1.29 is 14.7 Å². The molecule has 0 atom stereocenters. The molecule has 0 bridgehead atoms. The number of nitrogens with zero attached hydrogens (tertiary/aromatic N) is 1. The predicted molar refractivity (Wildman–Crippen MR) is 78.6 cm³/mol. The molecule has 20 heavy (non-hydrogen) atoms. The third kappa shape index (κ3) is 3.50.